The maximum absolute atomic E-state index is 13.6. The average molecular weight is 591 g/mol. The molecule has 0 bridgehead atoms. The molecule has 2 aromatic carbocycles. The van der Waals surface area contributed by atoms with Crippen molar-refractivity contribution in [3.8, 4) is 0 Å². The fraction of sp³-hybridized carbons (Fsp3) is 0.355. The number of nitrogens with two attached hydrogens (primary N) is 1. The van der Waals surface area contributed by atoms with Crippen LogP contribution in [0.5, 0.6) is 0 Å². The normalized spacial score (nSPS) is 14.1. The van der Waals surface area contributed by atoms with Gasteiger partial charge in [0.05, 0.1) is 12.6 Å². The van der Waals surface area contributed by atoms with Crippen molar-refractivity contribution in [1.29, 1.82) is 0 Å². The number of para-hydroxylation sites is 2. The SMILES string of the molecule is CCCC[C@H](NC(=O)[C@@H](N)Cc1c[nH]c2ccccc12)C(=O)N[C@@H](Cc1c[nH]c2ccccc12)C(=O)N[C@@H](CO)C(=O)O. The summed E-state index contributed by atoms with van der Waals surface area (Å²) in [6.07, 6.45) is 5.51. The molecule has 2 aromatic heterocycles. The second-order valence-corrected chi connectivity index (χ2v) is 10.6. The maximum Gasteiger partial charge on any atom is 0.328 e. The van der Waals surface area contributed by atoms with E-state index in [9.17, 15) is 29.4 Å². The Balaban J connectivity index is 1.50. The van der Waals surface area contributed by atoms with Gasteiger partial charge in [-0.25, -0.2) is 4.79 Å². The molecule has 0 aliphatic carbocycles. The number of carboxylic acid groups (broad SMARTS) is 1. The molecule has 3 amide bonds. The number of nitrogens with one attached hydrogen (secondary N) is 5. The number of aliphatic hydroxyl groups is 1. The van der Waals surface area contributed by atoms with Crippen LogP contribution in [-0.4, -0.2) is 74.6 Å². The zero-order chi connectivity index (χ0) is 30.9. The van der Waals surface area contributed by atoms with Gasteiger partial charge in [-0.05, 0) is 36.1 Å². The summed E-state index contributed by atoms with van der Waals surface area (Å²) in [5.41, 5.74) is 9.62. The molecule has 0 saturated carbocycles. The number of H-pyrrole nitrogens is 2. The molecule has 0 spiro atoms. The number of amides is 3. The first-order chi connectivity index (χ1) is 20.7. The summed E-state index contributed by atoms with van der Waals surface area (Å²) in [5.74, 6) is -3.30. The fourth-order valence-electron chi connectivity index (χ4n) is 5.05. The second kappa shape index (κ2) is 14.5. The molecule has 0 saturated heterocycles. The zero-order valence-electron chi connectivity index (χ0n) is 23.9. The maximum atomic E-state index is 13.6. The van der Waals surface area contributed by atoms with Gasteiger partial charge in [-0.15, -0.1) is 0 Å². The lowest BCUT2D eigenvalue weighted by Gasteiger charge is -2.25. The van der Waals surface area contributed by atoms with Gasteiger partial charge in [0.2, 0.25) is 17.7 Å². The van der Waals surface area contributed by atoms with Crippen molar-refractivity contribution in [2.24, 2.45) is 5.73 Å². The number of carbonyl (C=O) groups is 4. The van der Waals surface area contributed by atoms with Crippen LogP contribution >= 0.6 is 0 Å². The summed E-state index contributed by atoms with van der Waals surface area (Å²) in [6, 6.07) is 10.5. The number of carboxylic acids is 1. The molecule has 4 rings (SSSR count). The Labute approximate surface area is 248 Å². The number of benzene rings is 2. The van der Waals surface area contributed by atoms with Crippen molar-refractivity contribution >= 4 is 45.5 Å². The molecular weight excluding hydrogens is 552 g/mol. The summed E-state index contributed by atoms with van der Waals surface area (Å²) in [7, 11) is 0. The van der Waals surface area contributed by atoms with E-state index in [1.165, 1.54) is 0 Å². The average Bonchev–Trinajstić information content (AvgIpc) is 3.61. The molecule has 0 fully saturated rings. The minimum atomic E-state index is -1.55. The largest absolute Gasteiger partial charge is 0.480 e. The number of hydrogen-bond donors (Lipinski definition) is 8. The van der Waals surface area contributed by atoms with E-state index in [4.69, 9.17) is 5.73 Å². The van der Waals surface area contributed by atoms with E-state index >= 15 is 0 Å². The summed E-state index contributed by atoms with van der Waals surface area (Å²) in [6.45, 7) is 1.13. The number of aliphatic hydroxyl groups excluding tert-OH is 1. The van der Waals surface area contributed by atoms with Crippen LogP contribution in [0.2, 0.25) is 0 Å². The van der Waals surface area contributed by atoms with Gasteiger partial charge in [0.25, 0.3) is 0 Å². The predicted molar refractivity (Wildman–Crippen MR) is 162 cm³/mol. The summed E-state index contributed by atoms with van der Waals surface area (Å²) < 4.78 is 0. The highest BCUT2D eigenvalue weighted by Crippen LogP contribution is 2.20. The Morgan fingerprint density at radius 1 is 0.767 bits per heavy atom. The van der Waals surface area contributed by atoms with Crippen molar-refractivity contribution in [3.63, 3.8) is 0 Å². The van der Waals surface area contributed by atoms with Crippen LogP contribution in [0.3, 0.4) is 0 Å². The Bertz CT molecular complexity index is 1580. The zero-order valence-corrected chi connectivity index (χ0v) is 23.9. The van der Waals surface area contributed by atoms with Gasteiger partial charge in [0, 0.05) is 40.6 Å². The lowest BCUT2D eigenvalue weighted by molar-refractivity contribution is -0.143. The first-order valence-corrected chi connectivity index (χ1v) is 14.3. The molecule has 0 radical (unpaired) electrons. The van der Waals surface area contributed by atoms with Crippen LogP contribution < -0.4 is 21.7 Å². The van der Waals surface area contributed by atoms with Gasteiger partial charge in [0.1, 0.15) is 18.1 Å². The number of fused-ring (bicyclic) bond motifs is 2. The highest BCUT2D eigenvalue weighted by molar-refractivity contribution is 5.95. The van der Waals surface area contributed by atoms with Gasteiger partial charge in [-0.2, -0.15) is 0 Å². The van der Waals surface area contributed by atoms with Crippen LogP contribution in [-0.2, 0) is 32.0 Å². The Morgan fingerprint density at radius 3 is 1.84 bits per heavy atom. The van der Waals surface area contributed by atoms with Crippen LogP contribution in [0.1, 0.15) is 37.3 Å². The van der Waals surface area contributed by atoms with Crippen LogP contribution in [0.15, 0.2) is 60.9 Å². The first-order valence-electron chi connectivity index (χ1n) is 14.3. The Hall–Kier alpha value is -4.68. The van der Waals surface area contributed by atoms with Gasteiger partial charge in [0.15, 0.2) is 0 Å². The standard InChI is InChI=1S/C31H38N6O6/c1-2-3-10-25(35-28(39)22(32)13-18-15-33-23-11-6-4-8-20(18)23)29(40)36-26(30(41)37-27(17-38)31(42)43)14-19-16-34-24-12-7-5-9-21(19)24/h4-9,11-12,15-16,22,25-27,33-34,38H,2-3,10,13-14,17,32H2,1H3,(H,35,39)(H,36,40)(H,37,41)(H,42,43)/t22-,25-,26-,27-/m0/s1. The van der Waals surface area contributed by atoms with Crippen LogP contribution in [0, 0.1) is 0 Å². The molecule has 4 aromatic rings. The highest BCUT2D eigenvalue weighted by atomic mass is 16.4. The second-order valence-electron chi connectivity index (χ2n) is 10.6. The van der Waals surface area contributed by atoms with Crippen molar-refractivity contribution < 1.29 is 29.4 Å². The van der Waals surface area contributed by atoms with Crippen molar-refractivity contribution in [1.82, 2.24) is 25.9 Å². The molecule has 9 N–H and O–H groups in total. The molecule has 4 atom stereocenters. The third-order valence-electron chi connectivity index (χ3n) is 7.46. The molecular formula is C31H38N6O6. The van der Waals surface area contributed by atoms with Crippen molar-refractivity contribution in [2.45, 2.75) is 63.2 Å². The van der Waals surface area contributed by atoms with E-state index in [1.54, 1.807) is 6.20 Å². The summed E-state index contributed by atoms with van der Waals surface area (Å²) in [5, 5.41) is 28.3. The molecule has 12 heteroatoms. The van der Waals surface area contributed by atoms with E-state index in [-0.39, 0.29) is 12.8 Å². The number of aliphatic carboxylic acids is 1. The molecule has 12 nitrogen and oxygen atoms in total. The van der Waals surface area contributed by atoms with Gasteiger partial charge in [-0.1, -0.05) is 56.2 Å². The Kier molecular flexibility index (Phi) is 10.5. The van der Waals surface area contributed by atoms with Crippen LogP contribution in [0.4, 0.5) is 0 Å². The summed E-state index contributed by atoms with van der Waals surface area (Å²) in [4.78, 5) is 57.7. The van der Waals surface area contributed by atoms with Gasteiger partial charge >= 0.3 is 5.97 Å². The molecule has 0 aliphatic heterocycles. The quantitative estimate of drug-likeness (QED) is 0.102. The Morgan fingerprint density at radius 2 is 1.28 bits per heavy atom. The van der Waals surface area contributed by atoms with Crippen molar-refractivity contribution in [3.05, 3.63) is 72.1 Å². The number of aromatic amines is 2. The fourth-order valence-corrected chi connectivity index (χ4v) is 5.05. The van der Waals surface area contributed by atoms with E-state index in [2.05, 4.69) is 25.9 Å². The molecule has 228 valence electrons. The molecule has 43 heavy (non-hydrogen) atoms. The number of carbonyl (C=O) groups excluding carboxylic acids is 3. The van der Waals surface area contributed by atoms with Gasteiger partial charge < -0.3 is 41.9 Å². The van der Waals surface area contributed by atoms with E-state index in [1.807, 2.05) is 61.7 Å². The third-order valence-corrected chi connectivity index (χ3v) is 7.46. The van der Waals surface area contributed by atoms with E-state index in [0.717, 1.165) is 39.4 Å². The third kappa shape index (κ3) is 7.79. The van der Waals surface area contributed by atoms with Gasteiger partial charge in [-0.3, -0.25) is 14.4 Å². The molecule has 0 aliphatic rings. The minimum Gasteiger partial charge on any atom is -0.480 e. The molecule has 0 unspecified atom stereocenters. The number of unbranched alkanes of at least 4 members (excludes halogenated alkanes) is 1. The van der Waals surface area contributed by atoms with Crippen molar-refractivity contribution in [2.75, 3.05) is 6.61 Å². The van der Waals surface area contributed by atoms with Crippen LogP contribution in [0.25, 0.3) is 21.8 Å². The minimum absolute atomic E-state index is 0.0356. The lowest BCUT2D eigenvalue weighted by Crippen LogP contribution is -2.58. The number of rotatable bonds is 15. The number of hydrogen-bond acceptors (Lipinski definition) is 6. The van der Waals surface area contributed by atoms with E-state index < -0.39 is 54.5 Å². The monoisotopic (exact) mass is 590 g/mol. The molecule has 2 heterocycles. The topological polar surface area (TPSA) is 202 Å². The highest BCUT2D eigenvalue weighted by Gasteiger charge is 2.31. The first kappa shape index (κ1) is 31.3. The van der Waals surface area contributed by atoms with E-state index in [0.29, 0.717) is 12.8 Å². The summed E-state index contributed by atoms with van der Waals surface area (Å²) >= 11 is 0. The predicted octanol–water partition coefficient (Wildman–Crippen LogP) is 1.48. The number of aromatic nitrogens is 2. The smallest absolute Gasteiger partial charge is 0.328 e. The lowest BCUT2D eigenvalue weighted by atomic mass is 10.0.